The number of hydrogen-bond donors (Lipinski definition) is 1. The van der Waals surface area contributed by atoms with E-state index >= 15 is 0 Å². The maximum absolute atomic E-state index is 14.1. The zero-order valence-corrected chi connectivity index (χ0v) is 19.8. The normalized spacial score (nSPS) is 17.3. The van der Waals surface area contributed by atoms with E-state index in [1.165, 1.54) is 26.5 Å². The zero-order chi connectivity index (χ0) is 23.8. The number of piperidine rings is 1. The summed E-state index contributed by atoms with van der Waals surface area (Å²) < 4.78 is 56.6. The molecule has 1 aliphatic rings. The minimum Gasteiger partial charge on any atom is -0.310 e. The molecule has 3 aromatic rings. The Morgan fingerprint density at radius 3 is 2.76 bits per heavy atom. The molecule has 0 saturated carbocycles. The van der Waals surface area contributed by atoms with Crippen LogP contribution in [0.5, 0.6) is 0 Å². The molecule has 0 bridgehead atoms. The van der Waals surface area contributed by atoms with Crippen molar-refractivity contribution in [1.82, 2.24) is 14.1 Å². The van der Waals surface area contributed by atoms with Gasteiger partial charge in [-0.05, 0) is 57.0 Å². The molecule has 0 aliphatic carbocycles. The SMILES string of the molecule is Cc1ccc(S(=O)(=O)N2CCCC(C(=O)Nc3c(C)cnn3Cc3cc(F)ccc3F)C2)s1. The molecule has 1 N–H and O–H groups in total. The summed E-state index contributed by atoms with van der Waals surface area (Å²) in [6, 6.07) is 6.53. The summed E-state index contributed by atoms with van der Waals surface area (Å²) in [6.45, 7) is 3.97. The van der Waals surface area contributed by atoms with E-state index < -0.39 is 27.6 Å². The summed E-state index contributed by atoms with van der Waals surface area (Å²) in [4.78, 5) is 14.0. The molecule has 1 fully saturated rings. The highest BCUT2D eigenvalue weighted by atomic mass is 32.2. The van der Waals surface area contributed by atoms with E-state index in [4.69, 9.17) is 0 Å². The third-order valence-corrected chi connectivity index (χ3v) is 8.99. The van der Waals surface area contributed by atoms with Gasteiger partial charge in [0.05, 0.1) is 18.7 Å². The van der Waals surface area contributed by atoms with Gasteiger partial charge >= 0.3 is 0 Å². The van der Waals surface area contributed by atoms with Crippen LogP contribution in [0.3, 0.4) is 0 Å². The summed E-state index contributed by atoms with van der Waals surface area (Å²) in [5, 5.41) is 7.01. The van der Waals surface area contributed by atoms with Crippen LogP contribution in [0.2, 0.25) is 0 Å². The van der Waals surface area contributed by atoms with Crippen LogP contribution in [0.15, 0.2) is 40.7 Å². The van der Waals surface area contributed by atoms with Gasteiger partial charge in [0.2, 0.25) is 5.91 Å². The number of thiophene rings is 1. The average molecular weight is 495 g/mol. The molecule has 2 aromatic heterocycles. The first-order valence-corrected chi connectivity index (χ1v) is 12.7. The number of anilines is 1. The Balaban J connectivity index is 1.49. The van der Waals surface area contributed by atoms with Crippen LogP contribution in [0.4, 0.5) is 14.6 Å². The van der Waals surface area contributed by atoms with Crippen molar-refractivity contribution in [2.24, 2.45) is 5.92 Å². The van der Waals surface area contributed by atoms with Crippen molar-refractivity contribution in [2.45, 2.75) is 37.4 Å². The molecule has 11 heteroatoms. The van der Waals surface area contributed by atoms with Gasteiger partial charge in [0.15, 0.2) is 0 Å². The van der Waals surface area contributed by atoms with Crippen molar-refractivity contribution in [2.75, 3.05) is 18.4 Å². The van der Waals surface area contributed by atoms with Crippen LogP contribution >= 0.6 is 11.3 Å². The number of hydrogen-bond acceptors (Lipinski definition) is 5. The fraction of sp³-hybridized carbons (Fsp3) is 0.364. The zero-order valence-electron chi connectivity index (χ0n) is 18.2. The molecular formula is C22H24F2N4O3S2. The molecule has 1 amide bonds. The lowest BCUT2D eigenvalue weighted by Crippen LogP contribution is -2.43. The number of nitrogens with one attached hydrogen (secondary N) is 1. The molecule has 1 aliphatic heterocycles. The highest BCUT2D eigenvalue weighted by Crippen LogP contribution is 2.29. The Morgan fingerprint density at radius 2 is 2.03 bits per heavy atom. The lowest BCUT2D eigenvalue weighted by atomic mass is 9.99. The molecule has 0 radical (unpaired) electrons. The third-order valence-electron chi connectivity index (χ3n) is 5.66. The van der Waals surface area contributed by atoms with Gasteiger partial charge in [-0.1, -0.05) is 0 Å². The first-order chi connectivity index (χ1) is 15.6. The van der Waals surface area contributed by atoms with Gasteiger partial charge in [-0.3, -0.25) is 4.79 Å². The van der Waals surface area contributed by atoms with Crippen molar-refractivity contribution in [1.29, 1.82) is 0 Å². The van der Waals surface area contributed by atoms with E-state index in [2.05, 4.69) is 10.4 Å². The molecule has 33 heavy (non-hydrogen) atoms. The molecule has 7 nitrogen and oxygen atoms in total. The maximum Gasteiger partial charge on any atom is 0.252 e. The summed E-state index contributed by atoms with van der Waals surface area (Å²) in [5.74, 6) is -1.63. The molecule has 1 aromatic carbocycles. The Bertz CT molecular complexity index is 1290. The first kappa shape index (κ1) is 23.5. The Labute approximate surface area is 195 Å². The second kappa shape index (κ2) is 9.32. The van der Waals surface area contributed by atoms with E-state index in [-0.39, 0.29) is 28.8 Å². The Hall–Kier alpha value is -2.63. The van der Waals surface area contributed by atoms with Gasteiger partial charge in [0.25, 0.3) is 10.0 Å². The number of carbonyl (C=O) groups excluding carboxylic acids is 1. The van der Waals surface area contributed by atoms with Crippen LogP contribution in [-0.2, 0) is 21.4 Å². The Morgan fingerprint density at radius 1 is 1.24 bits per heavy atom. The topological polar surface area (TPSA) is 84.3 Å². The second-order valence-electron chi connectivity index (χ2n) is 8.13. The predicted octanol–water partition coefficient (Wildman–Crippen LogP) is 3.93. The quantitative estimate of drug-likeness (QED) is 0.563. The van der Waals surface area contributed by atoms with Gasteiger partial charge in [-0.25, -0.2) is 21.9 Å². The van der Waals surface area contributed by atoms with E-state index in [0.717, 1.165) is 23.1 Å². The minimum absolute atomic E-state index is 0.0596. The van der Waals surface area contributed by atoms with E-state index in [0.29, 0.717) is 30.8 Å². The number of amides is 1. The summed E-state index contributed by atoms with van der Waals surface area (Å²) >= 11 is 1.21. The number of aromatic nitrogens is 2. The van der Waals surface area contributed by atoms with Crippen LogP contribution in [0.1, 0.15) is 28.8 Å². The largest absolute Gasteiger partial charge is 0.310 e. The number of carbonyl (C=O) groups is 1. The monoisotopic (exact) mass is 494 g/mol. The lowest BCUT2D eigenvalue weighted by molar-refractivity contribution is -0.120. The van der Waals surface area contributed by atoms with Crippen molar-refractivity contribution in [3.63, 3.8) is 0 Å². The molecule has 1 atom stereocenters. The lowest BCUT2D eigenvalue weighted by Gasteiger charge is -2.30. The first-order valence-electron chi connectivity index (χ1n) is 10.5. The fourth-order valence-corrected chi connectivity index (χ4v) is 6.82. The molecule has 1 saturated heterocycles. The van der Waals surface area contributed by atoms with Gasteiger partial charge in [-0.15, -0.1) is 11.3 Å². The number of aryl methyl sites for hydroxylation is 2. The summed E-state index contributed by atoms with van der Waals surface area (Å²) in [7, 11) is -3.66. The molecule has 0 spiro atoms. The van der Waals surface area contributed by atoms with Crippen LogP contribution in [-0.4, -0.2) is 41.5 Å². The highest BCUT2D eigenvalue weighted by molar-refractivity contribution is 7.91. The highest BCUT2D eigenvalue weighted by Gasteiger charge is 2.34. The minimum atomic E-state index is -3.66. The van der Waals surface area contributed by atoms with Crippen LogP contribution in [0, 0.1) is 31.4 Å². The van der Waals surface area contributed by atoms with E-state index in [1.54, 1.807) is 19.1 Å². The smallest absolute Gasteiger partial charge is 0.252 e. The summed E-state index contributed by atoms with van der Waals surface area (Å²) in [5.41, 5.74) is 0.768. The molecule has 4 rings (SSSR count). The second-order valence-corrected chi connectivity index (χ2v) is 11.6. The maximum atomic E-state index is 14.1. The standard InChI is InChI=1S/C22H24F2N4O3S2/c1-14-11-25-28(13-17-10-18(23)6-7-19(17)24)21(14)26-22(29)16-4-3-9-27(12-16)33(30,31)20-8-5-15(2)32-20/h5-8,10-11,16H,3-4,9,12-13H2,1-2H3,(H,26,29). The number of halogens is 2. The van der Waals surface area contributed by atoms with Gasteiger partial charge in [0.1, 0.15) is 21.7 Å². The number of nitrogens with zero attached hydrogens (tertiary/aromatic N) is 3. The van der Waals surface area contributed by atoms with E-state index in [9.17, 15) is 22.0 Å². The van der Waals surface area contributed by atoms with Gasteiger partial charge in [0, 0.05) is 29.1 Å². The molecule has 1 unspecified atom stereocenters. The van der Waals surface area contributed by atoms with Crippen molar-refractivity contribution >= 4 is 33.1 Å². The van der Waals surface area contributed by atoms with Gasteiger partial charge in [-0.2, -0.15) is 9.40 Å². The third kappa shape index (κ3) is 4.99. The summed E-state index contributed by atoms with van der Waals surface area (Å²) in [6.07, 6.45) is 2.64. The van der Waals surface area contributed by atoms with E-state index in [1.807, 2.05) is 6.92 Å². The van der Waals surface area contributed by atoms with Crippen LogP contribution in [0.25, 0.3) is 0 Å². The van der Waals surface area contributed by atoms with Gasteiger partial charge < -0.3 is 5.32 Å². The molecule has 3 heterocycles. The molecular weight excluding hydrogens is 470 g/mol. The molecule has 176 valence electrons. The number of rotatable bonds is 6. The average Bonchev–Trinajstić information content (AvgIpc) is 3.37. The number of sulfonamides is 1. The fourth-order valence-electron chi connectivity index (χ4n) is 3.86. The predicted molar refractivity (Wildman–Crippen MR) is 122 cm³/mol. The van der Waals surface area contributed by atoms with Crippen molar-refractivity contribution in [3.8, 4) is 0 Å². The van der Waals surface area contributed by atoms with Crippen molar-refractivity contribution in [3.05, 3.63) is 64.2 Å². The van der Waals surface area contributed by atoms with Crippen LogP contribution < -0.4 is 5.32 Å². The number of benzene rings is 1. The van der Waals surface area contributed by atoms with Crippen molar-refractivity contribution < 1.29 is 22.0 Å². The Kier molecular flexibility index (Phi) is 6.64.